The van der Waals surface area contributed by atoms with Gasteiger partial charge in [-0.2, -0.15) is 0 Å². The Bertz CT molecular complexity index is 1340. The Kier molecular flexibility index (Phi) is 9.93. The lowest BCUT2D eigenvalue weighted by molar-refractivity contribution is 0.0466. The van der Waals surface area contributed by atoms with E-state index in [9.17, 15) is 18.0 Å². The van der Waals surface area contributed by atoms with Crippen molar-refractivity contribution in [2.45, 2.75) is 18.7 Å². The van der Waals surface area contributed by atoms with E-state index >= 15 is 0 Å². The third-order valence-electron chi connectivity index (χ3n) is 5.51. The summed E-state index contributed by atoms with van der Waals surface area (Å²) >= 11 is 11.9. The number of halogens is 2. The van der Waals surface area contributed by atoms with Crippen molar-refractivity contribution in [3.63, 3.8) is 0 Å². The van der Waals surface area contributed by atoms with Crippen LogP contribution in [0.3, 0.4) is 0 Å². The molecule has 3 aromatic carbocycles. The van der Waals surface area contributed by atoms with Gasteiger partial charge in [0.15, 0.2) is 0 Å². The van der Waals surface area contributed by atoms with E-state index in [2.05, 4.69) is 14.9 Å². The highest BCUT2D eigenvalue weighted by Gasteiger charge is 2.20. The van der Waals surface area contributed by atoms with E-state index in [1.165, 1.54) is 54.6 Å². The molecule has 0 saturated heterocycles. The van der Waals surface area contributed by atoms with Crippen molar-refractivity contribution < 1.29 is 22.7 Å². The van der Waals surface area contributed by atoms with Crippen LogP contribution in [-0.2, 0) is 14.8 Å². The summed E-state index contributed by atoms with van der Waals surface area (Å²) < 4.78 is 33.4. The molecule has 1 amide bonds. The van der Waals surface area contributed by atoms with Gasteiger partial charge in [-0.15, -0.1) is 0 Å². The van der Waals surface area contributed by atoms with Crippen LogP contribution in [0.25, 0.3) is 0 Å². The Hall–Kier alpha value is -3.11. The lowest BCUT2D eigenvalue weighted by Gasteiger charge is -2.17. The Balaban J connectivity index is 1.70. The van der Waals surface area contributed by atoms with Crippen LogP contribution in [0.1, 0.15) is 34.6 Å². The number of carbonyl (C=O) groups is 2. The number of rotatable bonds is 11. The van der Waals surface area contributed by atoms with Gasteiger partial charge in [0.2, 0.25) is 0 Å². The molecule has 0 aliphatic carbocycles. The van der Waals surface area contributed by atoms with Gasteiger partial charge in [-0.05, 0) is 79.8 Å². The lowest BCUT2D eigenvalue weighted by atomic mass is 10.1. The van der Waals surface area contributed by atoms with E-state index in [0.717, 1.165) is 13.1 Å². The van der Waals surface area contributed by atoms with Gasteiger partial charge < -0.3 is 15.0 Å². The maximum absolute atomic E-state index is 13.0. The van der Waals surface area contributed by atoms with E-state index in [-0.39, 0.29) is 27.8 Å². The molecule has 0 aliphatic rings. The van der Waals surface area contributed by atoms with E-state index < -0.39 is 21.9 Å². The molecule has 0 atom stereocenters. The summed E-state index contributed by atoms with van der Waals surface area (Å²) in [4.78, 5) is 27.4. The minimum absolute atomic E-state index is 0.0159. The Morgan fingerprint density at radius 2 is 1.51 bits per heavy atom. The minimum Gasteiger partial charge on any atom is -0.461 e. The molecular formula is C26H27Cl2N3O5S. The van der Waals surface area contributed by atoms with Gasteiger partial charge in [0.05, 0.1) is 21.7 Å². The second-order valence-electron chi connectivity index (χ2n) is 7.94. The number of amides is 1. The number of ether oxygens (including phenoxy) is 1. The van der Waals surface area contributed by atoms with Crippen molar-refractivity contribution in [3.8, 4) is 0 Å². The molecule has 0 unspecified atom stereocenters. The van der Waals surface area contributed by atoms with E-state index in [1.54, 1.807) is 12.1 Å². The number of sulfonamides is 1. The molecule has 37 heavy (non-hydrogen) atoms. The summed E-state index contributed by atoms with van der Waals surface area (Å²) in [5.74, 6) is -1.05. The maximum Gasteiger partial charge on any atom is 0.338 e. The molecule has 8 nitrogen and oxygen atoms in total. The summed E-state index contributed by atoms with van der Waals surface area (Å²) in [6.07, 6.45) is 0. The largest absolute Gasteiger partial charge is 0.461 e. The number of benzene rings is 3. The number of nitrogens with zero attached hydrogens (tertiary/aromatic N) is 1. The van der Waals surface area contributed by atoms with Gasteiger partial charge in [-0.1, -0.05) is 37.0 Å². The zero-order valence-corrected chi connectivity index (χ0v) is 22.7. The number of esters is 1. The van der Waals surface area contributed by atoms with Crippen molar-refractivity contribution in [1.82, 2.24) is 4.90 Å². The number of hydrogen-bond acceptors (Lipinski definition) is 6. The molecule has 3 aromatic rings. The molecule has 3 rings (SSSR count). The summed E-state index contributed by atoms with van der Waals surface area (Å²) in [6, 6.07) is 16.1. The quantitative estimate of drug-likeness (QED) is 0.296. The second kappa shape index (κ2) is 12.9. The summed E-state index contributed by atoms with van der Waals surface area (Å²) in [7, 11) is -3.99. The number of likely N-dealkylation sites (N-methyl/N-ethyl adjacent to an activating group) is 1. The minimum atomic E-state index is -3.99. The van der Waals surface area contributed by atoms with Crippen molar-refractivity contribution in [2.75, 3.05) is 36.3 Å². The van der Waals surface area contributed by atoms with Gasteiger partial charge in [0, 0.05) is 22.3 Å². The molecule has 0 heterocycles. The third-order valence-corrected chi connectivity index (χ3v) is 7.38. The second-order valence-corrected chi connectivity index (χ2v) is 10.5. The number of hydrogen-bond donors (Lipinski definition) is 2. The maximum atomic E-state index is 13.0. The van der Waals surface area contributed by atoms with Crippen molar-refractivity contribution in [3.05, 3.63) is 87.9 Å². The zero-order valence-electron chi connectivity index (χ0n) is 20.3. The van der Waals surface area contributed by atoms with Crippen LogP contribution < -0.4 is 10.0 Å². The van der Waals surface area contributed by atoms with Crippen molar-refractivity contribution in [1.29, 1.82) is 0 Å². The average molecular weight is 564 g/mol. The SMILES string of the molecule is CCN(CC)CCOC(=O)c1ccc(NC(=O)c2cc(Cl)ccc2NS(=O)(=O)c2ccc(Cl)cc2)cc1. The van der Waals surface area contributed by atoms with Gasteiger partial charge >= 0.3 is 5.97 Å². The molecule has 0 fully saturated rings. The Labute approximate surface area is 226 Å². The lowest BCUT2D eigenvalue weighted by Crippen LogP contribution is -2.27. The fourth-order valence-electron chi connectivity index (χ4n) is 3.39. The summed E-state index contributed by atoms with van der Waals surface area (Å²) in [5, 5.41) is 3.33. The van der Waals surface area contributed by atoms with Gasteiger partial charge in [-0.3, -0.25) is 9.52 Å². The van der Waals surface area contributed by atoms with Gasteiger partial charge in [-0.25, -0.2) is 13.2 Å². The van der Waals surface area contributed by atoms with Crippen LogP contribution >= 0.6 is 23.2 Å². The highest BCUT2D eigenvalue weighted by molar-refractivity contribution is 7.92. The van der Waals surface area contributed by atoms with E-state index in [0.29, 0.717) is 22.8 Å². The fourth-order valence-corrected chi connectivity index (χ4v) is 4.77. The Morgan fingerprint density at radius 1 is 0.892 bits per heavy atom. The van der Waals surface area contributed by atoms with Crippen LogP contribution in [0.4, 0.5) is 11.4 Å². The third kappa shape index (κ3) is 7.93. The van der Waals surface area contributed by atoms with Crippen molar-refractivity contribution >= 4 is 56.5 Å². The summed E-state index contributed by atoms with van der Waals surface area (Å²) in [5.41, 5.74) is 0.808. The topological polar surface area (TPSA) is 105 Å². The van der Waals surface area contributed by atoms with Crippen molar-refractivity contribution in [2.24, 2.45) is 0 Å². The molecule has 196 valence electrons. The van der Waals surface area contributed by atoms with Crippen LogP contribution in [0.15, 0.2) is 71.6 Å². The first-order chi connectivity index (χ1) is 17.6. The van der Waals surface area contributed by atoms with Crippen LogP contribution in [0, 0.1) is 0 Å². The Morgan fingerprint density at radius 3 is 2.14 bits per heavy atom. The molecule has 0 spiro atoms. The van der Waals surface area contributed by atoms with E-state index in [1.807, 2.05) is 13.8 Å². The van der Waals surface area contributed by atoms with Crippen LogP contribution in [0.2, 0.25) is 10.0 Å². The first kappa shape index (κ1) is 28.5. The van der Waals surface area contributed by atoms with Crippen LogP contribution in [0.5, 0.6) is 0 Å². The standard InChI is InChI=1S/C26H27Cl2N3O5S/c1-3-31(4-2)15-16-36-26(33)18-5-10-21(11-6-18)29-25(32)23-17-20(28)9-14-24(23)30-37(34,35)22-12-7-19(27)8-13-22/h5-14,17,30H,3-4,15-16H2,1-2H3,(H,29,32). The molecule has 0 radical (unpaired) electrons. The molecule has 0 aliphatic heterocycles. The fraction of sp³-hybridized carbons (Fsp3) is 0.231. The van der Waals surface area contributed by atoms with Gasteiger partial charge in [0.25, 0.3) is 15.9 Å². The number of carbonyl (C=O) groups excluding carboxylic acids is 2. The molecular weight excluding hydrogens is 537 g/mol. The smallest absolute Gasteiger partial charge is 0.338 e. The molecule has 0 saturated carbocycles. The summed E-state index contributed by atoms with van der Waals surface area (Å²) in [6.45, 7) is 6.76. The normalized spacial score (nSPS) is 11.3. The first-order valence-electron chi connectivity index (χ1n) is 11.5. The monoisotopic (exact) mass is 563 g/mol. The van der Waals surface area contributed by atoms with Crippen LogP contribution in [-0.4, -0.2) is 51.4 Å². The average Bonchev–Trinajstić information content (AvgIpc) is 2.88. The molecule has 2 N–H and O–H groups in total. The zero-order chi connectivity index (χ0) is 27.0. The predicted octanol–water partition coefficient (Wildman–Crippen LogP) is 5.55. The van der Waals surface area contributed by atoms with Gasteiger partial charge in [0.1, 0.15) is 6.61 Å². The highest BCUT2D eigenvalue weighted by atomic mass is 35.5. The first-order valence-corrected chi connectivity index (χ1v) is 13.8. The molecule has 11 heteroatoms. The highest BCUT2D eigenvalue weighted by Crippen LogP contribution is 2.25. The van der Waals surface area contributed by atoms with E-state index in [4.69, 9.17) is 27.9 Å². The molecule has 0 aromatic heterocycles. The predicted molar refractivity (Wildman–Crippen MR) is 146 cm³/mol. The number of nitrogens with one attached hydrogen (secondary N) is 2. The molecule has 0 bridgehead atoms. The number of anilines is 2.